The molecule has 0 saturated carbocycles. The number of hydrogen-bond acceptors (Lipinski definition) is 5. The summed E-state index contributed by atoms with van der Waals surface area (Å²) in [6, 6.07) is 0. The number of carbonyl (C=O) groups excluding carboxylic acids is 1. The molecule has 2 N–H and O–H groups in total. The molecule has 0 bridgehead atoms. The zero-order valence-electron chi connectivity index (χ0n) is 7.40. The highest BCUT2D eigenvalue weighted by Crippen LogP contribution is 2.23. The number of thiazole rings is 1. The lowest BCUT2D eigenvalue weighted by Crippen LogP contribution is -2.15. The van der Waals surface area contributed by atoms with Crippen LogP contribution < -0.4 is 5.32 Å². The van der Waals surface area contributed by atoms with Gasteiger partial charge in [0.1, 0.15) is 0 Å². The van der Waals surface area contributed by atoms with E-state index in [1.165, 1.54) is 11.3 Å². The number of carboxylic acids is 1. The molecule has 1 heterocycles. The van der Waals surface area contributed by atoms with E-state index in [9.17, 15) is 9.59 Å². The Morgan fingerprint density at radius 1 is 1.60 bits per heavy atom. The molecule has 1 aromatic heterocycles. The van der Waals surface area contributed by atoms with Gasteiger partial charge in [-0.15, -0.1) is 11.8 Å². The minimum absolute atomic E-state index is 0.0744. The van der Waals surface area contributed by atoms with Crippen LogP contribution in [0.4, 0.5) is 5.13 Å². The van der Waals surface area contributed by atoms with Crippen molar-refractivity contribution in [3.8, 4) is 0 Å². The maximum atomic E-state index is 11.2. The van der Waals surface area contributed by atoms with Crippen molar-refractivity contribution in [3.63, 3.8) is 0 Å². The number of thioether (sulfide) groups is 1. The van der Waals surface area contributed by atoms with Crippen LogP contribution in [0.2, 0.25) is 0 Å². The number of carbonyl (C=O) groups is 2. The molecule has 0 aliphatic carbocycles. The largest absolute Gasteiger partial charge is 0.481 e. The predicted molar refractivity (Wildman–Crippen MR) is 63.4 cm³/mol. The normalized spacial score (nSPS) is 9.93. The zero-order valence-corrected chi connectivity index (χ0v) is 10.6. The van der Waals surface area contributed by atoms with Crippen molar-refractivity contribution in [2.75, 3.05) is 16.8 Å². The van der Waals surface area contributed by atoms with Crippen LogP contribution >= 0.6 is 39.0 Å². The van der Waals surface area contributed by atoms with Crippen LogP contribution in [-0.4, -0.2) is 33.5 Å². The van der Waals surface area contributed by atoms with E-state index in [1.54, 1.807) is 6.20 Å². The molecular formula is C7H7BrN2O3S2. The van der Waals surface area contributed by atoms with Crippen LogP contribution in [0, 0.1) is 0 Å². The number of nitrogens with zero attached hydrogens (tertiary/aromatic N) is 1. The third-order valence-electron chi connectivity index (χ3n) is 1.18. The minimum Gasteiger partial charge on any atom is -0.481 e. The van der Waals surface area contributed by atoms with Crippen LogP contribution in [-0.2, 0) is 9.59 Å². The van der Waals surface area contributed by atoms with Gasteiger partial charge in [-0.3, -0.25) is 9.59 Å². The van der Waals surface area contributed by atoms with Gasteiger partial charge in [-0.1, -0.05) is 11.3 Å². The predicted octanol–water partition coefficient (Wildman–Crippen LogP) is 1.66. The summed E-state index contributed by atoms with van der Waals surface area (Å²) in [5, 5.41) is 11.4. The van der Waals surface area contributed by atoms with Gasteiger partial charge in [-0.05, 0) is 15.9 Å². The Bertz CT molecular complexity index is 369. The van der Waals surface area contributed by atoms with Gasteiger partial charge in [0, 0.05) is 0 Å². The zero-order chi connectivity index (χ0) is 11.3. The van der Waals surface area contributed by atoms with E-state index in [1.807, 2.05) is 0 Å². The second kappa shape index (κ2) is 6.09. The van der Waals surface area contributed by atoms with Gasteiger partial charge in [-0.25, -0.2) is 4.98 Å². The minimum atomic E-state index is -0.926. The fourth-order valence-corrected chi connectivity index (χ4v) is 2.36. The fourth-order valence-electron chi connectivity index (χ4n) is 0.699. The summed E-state index contributed by atoms with van der Waals surface area (Å²) >= 11 is 5.57. The molecule has 5 nitrogen and oxygen atoms in total. The molecular weight excluding hydrogens is 304 g/mol. The smallest absolute Gasteiger partial charge is 0.313 e. The third kappa shape index (κ3) is 5.14. The van der Waals surface area contributed by atoms with Gasteiger partial charge in [0.15, 0.2) is 5.13 Å². The number of nitrogens with one attached hydrogen (secondary N) is 1. The molecule has 1 aromatic rings. The molecule has 0 aliphatic rings. The first-order chi connectivity index (χ1) is 7.08. The van der Waals surface area contributed by atoms with Gasteiger partial charge in [-0.2, -0.15) is 0 Å². The van der Waals surface area contributed by atoms with E-state index in [-0.39, 0.29) is 17.4 Å². The van der Waals surface area contributed by atoms with Crippen LogP contribution in [0.5, 0.6) is 0 Å². The van der Waals surface area contributed by atoms with E-state index in [4.69, 9.17) is 5.11 Å². The highest BCUT2D eigenvalue weighted by atomic mass is 79.9. The number of anilines is 1. The van der Waals surface area contributed by atoms with Crippen LogP contribution in [0.25, 0.3) is 0 Å². The van der Waals surface area contributed by atoms with Crippen molar-refractivity contribution >= 4 is 56.0 Å². The van der Waals surface area contributed by atoms with E-state index >= 15 is 0 Å². The second-order valence-electron chi connectivity index (χ2n) is 2.40. The van der Waals surface area contributed by atoms with Crippen molar-refractivity contribution < 1.29 is 14.7 Å². The lowest BCUT2D eigenvalue weighted by molar-refractivity contribution is -0.133. The van der Waals surface area contributed by atoms with Crippen LogP contribution in [0.15, 0.2) is 9.98 Å². The quantitative estimate of drug-likeness (QED) is 0.864. The number of aliphatic carboxylic acids is 1. The molecule has 0 radical (unpaired) electrons. The molecule has 0 unspecified atom stereocenters. The van der Waals surface area contributed by atoms with Crippen LogP contribution in [0.1, 0.15) is 0 Å². The Kier molecular flexibility index (Phi) is 5.06. The Hall–Kier alpha value is -0.600. The van der Waals surface area contributed by atoms with Crippen molar-refractivity contribution in [3.05, 3.63) is 9.98 Å². The summed E-state index contributed by atoms with van der Waals surface area (Å²) in [7, 11) is 0. The molecule has 1 amide bonds. The summed E-state index contributed by atoms with van der Waals surface area (Å²) in [4.78, 5) is 25.3. The van der Waals surface area contributed by atoms with E-state index in [0.29, 0.717) is 5.13 Å². The number of amides is 1. The summed E-state index contributed by atoms with van der Waals surface area (Å²) in [6.07, 6.45) is 1.59. The van der Waals surface area contributed by atoms with Gasteiger partial charge in [0.05, 0.1) is 21.5 Å². The summed E-state index contributed by atoms with van der Waals surface area (Å²) in [5.41, 5.74) is 0. The summed E-state index contributed by atoms with van der Waals surface area (Å²) < 4.78 is 0.830. The Morgan fingerprint density at radius 3 is 2.87 bits per heavy atom. The molecule has 0 atom stereocenters. The molecule has 0 saturated heterocycles. The lowest BCUT2D eigenvalue weighted by Gasteiger charge is -1.99. The molecule has 82 valence electrons. The second-order valence-corrected chi connectivity index (χ2v) is 5.80. The number of aromatic nitrogens is 1. The molecule has 0 aliphatic heterocycles. The highest BCUT2D eigenvalue weighted by Gasteiger charge is 2.06. The molecule has 0 fully saturated rings. The number of rotatable bonds is 5. The van der Waals surface area contributed by atoms with E-state index in [2.05, 4.69) is 26.2 Å². The van der Waals surface area contributed by atoms with Gasteiger partial charge in [0.25, 0.3) is 0 Å². The van der Waals surface area contributed by atoms with Crippen LogP contribution in [0.3, 0.4) is 0 Å². The van der Waals surface area contributed by atoms with Crippen molar-refractivity contribution in [1.29, 1.82) is 0 Å². The monoisotopic (exact) mass is 310 g/mol. The number of hydrogen-bond donors (Lipinski definition) is 2. The maximum Gasteiger partial charge on any atom is 0.313 e. The molecule has 15 heavy (non-hydrogen) atoms. The van der Waals surface area contributed by atoms with Gasteiger partial charge >= 0.3 is 5.97 Å². The van der Waals surface area contributed by atoms with E-state index in [0.717, 1.165) is 15.5 Å². The average Bonchev–Trinajstić information content (AvgIpc) is 2.50. The van der Waals surface area contributed by atoms with Crippen molar-refractivity contribution in [2.24, 2.45) is 0 Å². The highest BCUT2D eigenvalue weighted by molar-refractivity contribution is 9.11. The van der Waals surface area contributed by atoms with Gasteiger partial charge < -0.3 is 10.4 Å². The van der Waals surface area contributed by atoms with E-state index < -0.39 is 5.97 Å². The Balaban J connectivity index is 2.27. The Morgan fingerprint density at radius 2 is 2.33 bits per heavy atom. The Labute approximate surface area is 102 Å². The standard InChI is InChI=1S/C7H7BrN2O3S2/c8-4-1-9-7(15-4)10-5(11)2-14-3-6(12)13/h1H,2-3H2,(H,12,13)(H,9,10,11). The number of halogens is 1. The lowest BCUT2D eigenvalue weighted by atomic mass is 10.7. The summed E-state index contributed by atoms with van der Waals surface area (Å²) in [5.74, 6) is -1.13. The first kappa shape index (κ1) is 12.5. The number of carboxylic acid groups (broad SMARTS) is 1. The molecule has 0 aromatic carbocycles. The van der Waals surface area contributed by atoms with Crippen molar-refractivity contribution in [1.82, 2.24) is 4.98 Å². The molecule has 1 rings (SSSR count). The first-order valence-corrected chi connectivity index (χ1v) is 6.55. The third-order valence-corrected chi connectivity index (χ3v) is 3.49. The maximum absolute atomic E-state index is 11.2. The first-order valence-electron chi connectivity index (χ1n) is 3.78. The molecule has 8 heteroatoms. The van der Waals surface area contributed by atoms with Crippen molar-refractivity contribution in [2.45, 2.75) is 0 Å². The van der Waals surface area contributed by atoms with Gasteiger partial charge in [0.2, 0.25) is 5.91 Å². The average molecular weight is 311 g/mol. The summed E-state index contributed by atoms with van der Waals surface area (Å²) in [6.45, 7) is 0. The fraction of sp³-hybridized carbons (Fsp3) is 0.286. The molecule has 0 spiro atoms. The SMILES string of the molecule is O=C(O)CSCC(=O)Nc1ncc(Br)s1. The topological polar surface area (TPSA) is 79.3 Å².